The maximum atomic E-state index is 10.3. The van der Waals surface area contributed by atoms with Crippen LogP contribution in [0.3, 0.4) is 0 Å². The van der Waals surface area contributed by atoms with Gasteiger partial charge in [0.2, 0.25) is 11.1 Å². The first kappa shape index (κ1) is 20.3. The Balaban J connectivity index is -0.000000101. The van der Waals surface area contributed by atoms with Gasteiger partial charge in [0.25, 0.3) is 0 Å². The zero-order valence-corrected chi connectivity index (χ0v) is 12.5. The SMILES string of the molecule is NC(N)=NC(O)(C(=O)O)S(=O)O.[H-].[H-].[Na+].[Na+]. The number of nitrogens with zero attached hydrogens (tertiary/aromatic N) is 1. The summed E-state index contributed by atoms with van der Waals surface area (Å²) in [5.74, 6) is -2.82. The Bertz CT molecular complexity index is 249. The van der Waals surface area contributed by atoms with Gasteiger partial charge in [-0.05, 0) is 0 Å². The van der Waals surface area contributed by atoms with Crippen molar-refractivity contribution < 1.29 is 85.7 Å². The summed E-state index contributed by atoms with van der Waals surface area (Å²) >= 11 is -3.11. The molecule has 0 aromatic rings. The predicted octanol–water partition coefficient (Wildman–Crippen LogP) is -8.55. The van der Waals surface area contributed by atoms with Gasteiger partial charge in [-0.2, -0.15) is 4.99 Å². The minimum absolute atomic E-state index is 0. The second kappa shape index (κ2) is 8.02. The number of carboxylic acids is 1. The Hall–Kier alpha value is 0.810. The van der Waals surface area contributed by atoms with Crippen molar-refractivity contribution in [3.63, 3.8) is 0 Å². The number of aliphatic imine (C=N–C) groups is 1. The number of aliphatic carboxylic acids is 1. The van der Waals surface area contributed by atoms with Crippen LogP contribution in [0, 0.1) is 0 Å². The molecule has 0 aliphatic rings. The summed E-state index contributed by atoms with van der Waals surface area (Å²) in [7, 11) is 0. The molecular formula is C3H9N3Na2O5S. The molecule has 0 aromatic heterocycles. The minimum Gasteiger partial charge on any atom is -1.00 e. The van der Waals surface area contributed by atoms with Crippen molar-refractivity contribution in [3.8, 4) is 0 Å². The molecule has 0 heterocycles. The van der Waals surface area contributed by atoms with Gasteiger partial charge < -0.3 is 29.1 Å². The molecule has 74 valence electrons. The molecule has 0 saturated heterocycles. The monoisotopic (exact) mass is 245 g/mol. The fourth-order valence-corrected chi connectivity index (χ4v) is 0.669. The van der Waals surface area contributed by atoms with Crippen molar-refractivity contribution in [3.05, 3.63) is 0 Å². The molecule has 0 aliphatic carbocycles. The van der Waals surface area contributed by atoms with Crippen LogP contribution < -0.4 is 70.6 Å². The van der Waals surface area contributed by atoms with E-state index in [4.69, 9.17) is 26.2 Å². The topological polar surface area (TPSA) is 159 Å². The molecule has 0 saturated carbocycles. The number of aliphatic hydroxyl groups is 1. The van der Waals surface area contributed by atoms with E-state index in [1.807, 2.05) is 0 Å². The molecule has 7 N–H and O–H groups in total. The van der Waals surface area contributed by atoms with Crippen molar-refractivity contribution in [2.45, 2.75) is 5.06 Å². The fraction of sp³-hybridized carbons (Fsp3) is 0.333. The number of rotatable bonds is 3. The van der Waals surface area contributed by atoms with Crippen LogP contribution in [-0.4, -0.2) is 36.0 Å². The van der Waals surface area contributed by atoms with E-state index < -0.39 is 28.1 Å². The van der Waals surface area contributed by atoms with Gasteiger partial charge in [0.15, 0.2) is 5.96 Å². The van der Waals surface area contributed by atoms with Crippen molar-refractivity contribution in [1.29, 1.82) is 0 Å². The van der Waals surface area contributed by atoms with Gasteiger partial charge in [0.1, 0.15) is 0 Å². The van der Waals surface area contributed by atoms with E-state index in [0.717, 1.165) is 0 Å². The quantitative estimate of drug-likeness (QED) is 0.143. The van der Waals surface area contributed by atoms with E-state index in [1.54, 1.807) is 0 Å². The van der Waals surface area contributed by atoms with E-state index in [0.29, 0.717) is 0 Å². The van der Waals surface area contributed by atoms with Crippen LogP contribution in [0.5, 0.6) is 0 Å². The second-order valence-electron chi connectivity index (χ2n) is 1.70. The summed E-state index contributed by atoms with van der Waals surface area (Å²) in [5.41, 5.74) is 9.43. The first-order valence-corrected chi connectivity index (χ1v) is 3.59. The molecule has 8 nitrogen and oxygen atoms in total. The molecule has 0 radical (unpaired) electrons. The first-order chi connectivity index (χ1) is 5.30. The number of nitrogens with two attached hydrogens (primary N) is 2. The van der Waals surface area contributed by atoms with E-state index in [-0.39, 0.29) is 62.0 Å². The van der Waals surface area contributed by atoms with E-state index in [2.05, 4.69) is 4.99 Å². The summed E-state index contributed by atoms with van der Waals surface area (Å²) in [5, 5.41) is 13.9. The van der Waals surface area contributed by atoms with Crippen LogP contribution in [0.4, 0.5) is 0 Å². The van der Waals surface area contributed by atoms with Crippen LogP contribution in [-0.2, 0) is 15.9 Å². The predicted molar refractivity (Wildman–Crippen MR) is 41.4 cm³/mol. The maximum absolute atomic E-state index is 10.3. The van der Waals surface area contributed by atoms with Crippen molar-refractivity contribution in [1.82, 2.24) is 0 Å². The average molecular weight is 245 g/mol. The van der Waals surface area contributed by atoms with Crippen molar-refractivity contribution in [2.75, 3.05) is 0 Å². The molecule has 11 heteroatoms. The molecule has 14 heavy (non-hydrogen) atoms. The van der Waals surface area contributed by atoms with Crippen molar-refractivity contribution in [2.24, 2.45) is 16.5 Å². The number of carbonyl (C=O) groups is 1. The normalized spacial score (nSPS) is 15.0. The van der Waals surface area contributed by atoms with Crippen LogP contribution in [0.1, 0.15) is 2.85 Å². The Morgan fingerprint density at radius 3 is 1.86 bits per heavy atom. The number of carboxylic acid groups (broad SMARTS) is 1. The third-order valence-corrected chi connectivity index (χ3v) is 1.56. The Kier molecular flexibility index (Phi) is 11.6. The van der Waals surface area contributed by atoms with Gasteiger partial charge in [0.05, 0.1) is 0 Å². The number of guanidine groups is 1. The van der Waals surface area contributed by atoms with Gasteiger partial charge in [-0.25, -0.2) is 9.00 Å². The Labute approximate surface area is 129 Å². The van der Waals surface area contributed by atoms with E-state index in [1.165, 1.54) is 0 Å². The maximum Gasteiger partial charge on any atom is 1.00 e. The largest absolute Gasteiger partial charge is 1.00 e. The number of hydrogen-bond acceptors (Lipinski definition) is 4. The molecule has 2 atom stereocenters. The zero-order valence-electron chi connectivity index (χ0n) is 9.67. The van der Waals surface area contributed by atoms with Crippen LogP contribution >= 0.6 is 0 Å². The van der Waals surface area contributed by atoms with Gasteiger partial charge in [-0.15, -0.1) is 0 Å². The Morgan fingerprint density at radius 2 is 1.79 bits per heavy atom. The third-order valence-electron chi connectivity index (χ3n) is 0.803. The van der Waals surface area contributed by atoms with E-state index in [9.17, 15) is 9.00 Å². The van der Waals surface area contributed by atoms with Gasteiger partial charge >= 0.3 is 70.1 Å². The van der Waals surface area contributed by atoms with E-state index >= 15 is 0 Å². The first-order valence-electron chi connectivity index (χ1n) is 2.48. The standard InChI is InChI=1S/C3H7N3O5S.2Na.2H/c4-2(5)6-3(9,1(7)8)12(10)11;;;;/h9H,(H,7,8)(H,10,11)(H4,4,5,6);;;;/q;2*+1;2*-1. The molecule has 0 fully saturated rings. The fourth-order valence-electron chi connectivity index (χ4n) is 0.337. The van der Waals surface area contributed by atoms with Crippen LogP contribution in [0.2, 0.25) is 0 Å². The average Bonchev–Trinajstić information content (AvgIpc) is 1.84. The van der Waals surface area contributed by atoms with Crippen LogP contribution in [0.15, 0.2) is 4.99 Å². The summed E-state index contributed by atoms with van der Waals surface area (Å²) < 4.78 is 18.6. The van der Waals surface area contributed by atoms with Gasteiger partial charge in [0, 0.05) is 0 Å². The molecule has 0 bridgehead atoms. The summed E-state index contributed by atoms with van der Waals surface area (Å²) in [6.07, 6.45) is 0. The zero-order chi connectivity index (χ0) is 9.94. The number of hydrogen-bond donors (Lipinski definition) is 5. The molecule has 0 amide bonds. The summed E-state index contributed by atoms with van der Waals surface area (Å²) in [4.78, 5) is 12.9. The second-order valence-corrected chi connectivity index (χ2v) is 2.77. The Morgan fingerprint density at radius 1 is 1.43 bits per heavy atom. The third kappa shape index (κ3) is 5.63. The smallest absolute Gasteiger partial charge is 1.00 e. The molecule has 2 unspecified atom stereocenters. The summed E-state index contributed by atoms with van der Waals surface area (Å²) in [6, 6.07) is 0. The molecule has 0 rings (SSSR count). The minimum atomic E-state index is -3.20. The molecule has 0 aromatic carbocycles. The molecular weight excluding hydrogens is 236 g/mol. The van der Waals surface area contributed by atoms with Crippen molar-refractivity contribution >= 4 is 23.0 Å². The van der Waals surface area contributed by atoms with Gasteiger partial charge in [-0.3, -0.25) is 0 Å². The summed E-state index contributed by atoms with van der Waals surface area (Å²) in [6.45, 7) is 0. The molecule has 0 aliphatic heterocycles. The molecule has 0 spiro atoms. The van der Waals surface area contributed by atoms with Crippen LogP contribution in [0.25, 0.3) is 0 Å². The van der Waals surface area contributed by atoms with Gasteiger partial charge in [-0.1, -0.05) is 0 Å².